The highest BCUT2D eigenvalue weighted by Crippen LogP contribution is 2.37. The molecule has 100 valence electrons. The zero-order valence-electron chi connectivity index (χ0n) is 10.7. The zero-order chi connectivity index (χ0) is 13.7. The van der Waals surface area contributed by atoms with Gasteiger partial charge in [0.15, 0.2) is 11.5 Å². The third-order valence-corrected chi connectivity index (χ3v) is 3.08. The largest absolute Gasteiger partial charge is 0.493 e. The van der Waals surface area contributed by atoms with Gasteiger partial charge in [0.1, 0.15) is 0 Å². The quantitative estimate of drug-likeness (QED) is 0.869. The Morgan fingerprint density at radius 3 is 2.67 bits per heavy atom. The van der Waals surface area contributed by atoms with Gasteiger partial charge < -0.3 is 14.6 Å². The molecule has 0 saturated carbocycles. The van der Waals surface area contributed by atoms with Crippen LogP contribution in [-0.4, -0.2) is 24.3 Å². The highest BCUT2D eigenvalue weighted by molar-refractivity contribution is 9.10. The molecule has 1 unspecified atom stereocenters. The Balaban J connectivity index is 3.07. The lowest BCUT2D eigenvalue weighted by Crippen LogP contribution is -2.12. The lowest BCUT2D eigenvalue weighted by atomic mass is 10.2. The van der Waals surface area contributed by atoms with Crippen LogP contribution in [0.2, 0.25) is 0 Å². The summed E-state index contributed by atoms with van der Waals surface area (Å²) in [5.41, 5.74) is 0.161. The van der Waals surface area contributed by atoms with Crippen molar-refractivity contribution < 1.29 is 19.4 Å². The van der Waals surface area contributed by atoms with Gasteiger partial charge in [-0.2, -0.15) is 0 Å². The van der Waals surface area contributed by atoms with Gasteiger partial charge in [-0.25, -0.2) is 4.79 Å². The average Bonchev–Trinajstić information content (AvgIpc) is 2.31. The zero-order valence-corrected chi connectivity index (χ0v) is 12.3. The fourth-order valence-corrected chi connectivity index (χ4v) is 2.16. The summed E-state index contributed by atoms with van der Waals surface area (Å²) in [4.78, 5) is 10.9. The van der Waals surface area contributed by atoms with Gasteiger partial charge >= 0.3 is 5.97 Å². The molecule has 4 nitrogen and oxygen atoms in total. The summed E-state index contributed by atoms with van der Waals surface area (Å²) in [6.45, 7) is 4.06. The Kier molecular flexibility index (Phi) is 5.47. The molecular formula is C13H17BrO4. The van der Waals surface area contributed by atoms with Crippen LogP contribution in [0, 0.1) is 0 Å². The minimum absolute atomic E-state index is 0.0517. The highest BCUT2D eigenvalue weighted by Gasteiger charge is 2.16. The van der Waals surface area contributed by atoms with Crippen molar-refractivity contribution in [3.05, 3.63) is 22.2 Å². The van der Waals surface area contributed by atoms with Gasteiger partial charge in [0.05, 0.1) is 23.2 Å². The molecule has 0 aliphatic heterocycles. The number of carbonyl (C=O) groups is 1. The van der Waals surface area contributed by atoms with E-state index in [0.29, 0.717) is 16.0 Å². The summed E-state index contributed by atoms with van der Waals surface area (Å²) in [5, 5.41) is 8.97. The maximum absolute atomic E-state index is 10.9. The fourth-order valence-electron chi connectivity index (χ4n) is 1.62. The van der Waals surface area contributed by atoms with Crippen LogP contribution in [0.1, 0.15) is 37.0 Å². The highest BCUT2D eigenvalue weighted by atomic mass is 79.9. The molecule has 0 bridgehead atoms. The summed E-state index contributed by atoms with van der Waals surface area (Å²) in [5.74, 6) is -0.0321. The molecule has 0 saturated heterocycles. The van der Waals surface area contributed by atoms with Gasteiger partial charge in [-0.3, -0.25) is 0 Å². The standard InChI is InChI=1S/C13H17BrO4/c1-4-5-8(2)18-12-10(14)6-9(13(15)16)7-11(12)17-3/h6-8H,4-5H2,1-3H3,(H,15,16). The first-order chi connectivity index (χ1) is 8.49. The number of hydrogen-bond acceptors (Lipinski definition) is 3. The van der Waals surface area contributed by atoms with Crippen molar-refractivity contribution in [2.75, 3.05) is 7.11 Å². The topological polar surface area (TPSA) is 55.8 Å². The van der Waals surface area contributed by atoms with E-state index in [1.54, 1.807) is 0 Å². The molecule has 0 aliphatic rings. The summed E-state index contributed by atoms with van der Waals surface area (Å²) in [6, 6.07) is 2.97. The van der Waals surface area contributed by atoms with Crippen LogP contribution < -0.4 is 9.47 Å². The van der Waals surface area contributed by atoms with Gasteiger partial charge in [0, 0.05) is 0 Å². The lowest BCUT2D eigenvalue weighted by Gasteiger charge is -2.18. The van der Waals surface area contributed by atoms with Gasteiger partial charge in [-0.15, -0.1) is 0 Å². The van der Waals surface area contributed by atoms with E-state index in [4.69, 9.17) is 14.6 Å². The molecule has 1 rings (SSSR count). The summed E-state index contributed by atoms with van der Waals surface area (Å²) >= 11 is 3.32. The SMILES string of the molecule is CCCC(C)Oc1c(Br)cc(C(=O)O)cc1OC. The van der Waals surface area contributed by atoms with Crippen molar-refractivity contribution in [1.82, 2.24) is 0 Å². The van der Waals surface area contributed by atoms with E-state index in [9.17, 15) is 4.79 Å². The van der Waals surface area contributed by atoms with Crippen molar-refractivity contribution in [3.8, 4) is 11.5 Å². The normalized spacial score (nSPS) is 12.0. The van der Waals surface area contributed by atoms with Crippen LogP contribution in [-0.2, 0) is 0 Å². The third kappa shape index (κ3) is 3.63. The molecule has 1 N–H and O–H groups in total. The van der Waals surface area contributed by atoms with E-state index in [0.717, 1.165) is 12.8 Å². The number of carboxylic acid groups (broad SMARTS) is 1. The fraction of sp³-hybridized carbons (Fsp3) is 0.462. The Bertz CT molecular complexity index is 431. The van der Waals surface area contributed by atoms with Crippen molar-refractivity contribution >= 4 is 21.9 Å². The first kappa shape index (κ1) is 14.8. The number of rotatable bonds is 6. The van der Waals surface area contributed by atoms with E-state index in [1.165, 1.54) is 19.2 Å². The van der Waals surface area contributed by atoms with Crippen molar-refractivity contribution in [3.63, 3.8) is 0 Å². The van der Waals surface area contributed by atoms with Crippen molar-refractivity contribution in [2.24, 2.45) is 0 Å². The van der Waals surface area contributed by atoms with Crippen LogP contribution in [0.3, 0.4) is 0 Å². The summed E-state index contributed by atoms with van der Waals surface area (Å²) < 4.78 is 11.5. The Hall–Kier alpha value is -1.23. The Morgan fingerprint density at radius 1 is 1.50 bits per heavy atom. The van der Waals surface area contributed by atoms with E-state index >= 15 is 0 Å². The Morgan fingerprint density at radius 2 is 2.17 bits per heavy atom. The maximum atomic E-state index is 10.9. The number of ether oxygens (including phenoxy) is 2. The second-order valence-electron chi connectivity index (χ2n) is 4.01. The number of aromatic carboxylic acids is 1. The molecule has 5 heteroatoms. The number of carboxylic acids is 1. The van der Waals surface area contributed by atoms with E-state index in [-0.39, 0.29) is 11.7 Å². The molecule has 0 heterocycles. The van der Waals surface area contributed by atoms with Crippen LogP contribution in [0.4, 0.5) is 0 Å². The summed E-state index contributed by atoms with van der Waals surface area (Å²) in [7, 11) is 1.49. The van der Waals surface area contributed by atoms with E-state index in [2.05, 4.69) is 22.9 Å². The van der Waals surface area contributed by atoms with Gasteiger partial charge in [-0.05, 0) is 41.4 Å². The molecule has 0 aliphatic carbocycles. The first-order valence-electron chi connectivity index (χ1n) is 5.77. The molecule has 0 amide bonds. The molecule has 0 radical (unpaired) electrons. The second kappa shape index (κ2) is 6.64. The molecular weight excluding hydrogens is 300 g/mol. The number of halogens is 1. The number of hydrogen-bond donors (Lipinski definition) is 1. The smallest absolute Gasteiger partial charge is 0.335 e. The molecule has 0 aromatic heterocycles. The minimum Gasteiger partial charge on any atom is -0.493 e. The number of methoxy groups -OCH3 is 1. The van der Waals surface area contributed by atoms with Crippen LogP contribution in [0.25, 0.3) is 0 Å². The predicted octanol–water partition coefficient (Wildman–Crippen LogP) is 3.72. The molecule has 1 aromatic rings. The van der Waals surface area contributed by atoms with Crippen molar-refractivity contribution in [1.29, 1.82) is 0 Å². The number of benzene rings is 1. The first-order valence-corrected chi connectivity index (χ1v) is 6.56. The van der Waals surface area contributed by atoms with E-state index in [1.807, 2.05) is 6.92 Å². The molecule has 0 spiro atoms. The van der Waals surface area contributed by atoms with Gasteiger partial charge in [-0.1, -0.05) is 13.3 Å². The van der Waals surface area contributed by atoms with E-state index < -0.39 is 5.97 Å². The second-order valence-corrected chi connectivity index (χ2v) is 4.87. The van der Waals surface area contributed by atoms with Gasteiger partial charge in [0.25, 0.3) is 0 Å². The molecule has 1 aromatic carbocycles. The van der Waals surface area contributed by atoms with Crippen LogP contribution in [0.5, 0.6) is 11.5 Å². The molecule has 18 heavy (non-hydrogen) atoms. The lowest BCUT2D eigenvalue weighted by molar-refractivity contribution is 0.0696. The predicted molar refractivity (Wildman–Crippen MR) is 72.7 cm³/mol. The van der Waals surface area contributed by atoms with Crippen molar-refractivity contribution in [2.45, 2.75) is 32.8 Å². The third-order valence-electron chi connectivity index (χ3n) is 2.49. The maximum Gasteiger partial charge on any atom is 0.335 e. The molecule has 1 atom stereocenters. The molecule has 0 fully saturated rings. The monoisotopic (exact) mass is 316 g/mol. The Labute approximate surface area is 115 Å². The average molecular weight is 317 g/mol. The minimum atomic E-state index is -0.998. The summed E-state index contributed by atoms with van der Waals surface area (Å²) in [6.07, 6.45) is 2.00. The van der Waals surface area contributed by atoms with Crippen LogP contribution >= 0.6 is 15.9 Å². The van der Waals surface area contributed by atoms with Gasteiger partial charge in [0.2, 0.25) is 0 Å². The van der Waals surface area contributed by atoms with Crippen LogP contribution in [0.15, 0.2) is 16.6 Å².